The van der Waals surface area contributed by atoms with E-state index in [1.54, 1.807) is 0 Å². The molecule has 7 unspecified atom stereocenters. The van der Waals surface area contributed by atoms with Crippen molar-refractivity contribution in [3.05, 3.63) is 0 Å². The molecule has 28 heavy (non-hydrogen) atoms. The Balaban J connectivity index is 1.93. The number of nitrogens with two attached hydrogens (primary N) is 1. The first kappa shape index (κ1) is 24.3. The molecule has 0 bridgehead atoms. The van der Waals surface area contributed by atoms with Crippen LogP contribution >= 0.6 is 7.82 Å². The van der Waals surface area contributed by atoms with Gasteiger partial charge in [0.15, 0.2) is 5.72 Å². The van der Waals surface area contributed by atoms with Gasteiger partial charge in [-0.2, -0.15) is 0 Å². The summed E-state index contributed by atoms with van der Waals surface area (Å²) in [6, 6.07) is -1.27. The van der Waals surface area contributed by atoms with E-state index in [2.05, 4.69) is 0 Å². The summed E-state index contributed by atoms with van der Waals surface area (Å²) in [6.07, 6.45) is -1.48. The third kappa shape index (κ3) is 7.07. The van der Waals surface area contributed by atoms with E-state index in [4.69, 9.17) is 49.4 Å². The van der Waals surface area contributed by atoms with Crippen LogP contribution in [0, 0.1) is 0 Å². The number of phosphoric acid groups is 1. The molecule has 0 aromatic carbocycles. The van der Waals surface area contributed by atoms with E-state index < -0.39 is 37.8 Å². The highest BCUT2D eigenvalue weighted by atomic mass is 31.2. The number of rotatable bonds is 10. The Bertz CT molecular complexity index is 557. The summed E-state index contributed by atoms with van der Waals surface area (Å²) in [6.45, 7) is 7.15. The zero-order valence-corrected chi connectivity index (χ0v) is 17.7. The zero-order chi connectivity index (χ0) is 21.1. The average molecular weight is 417 g/mol. The Labute approximate surface area is 169 Å². The molecule has 3 N–H and O–H groups in total. The van der Waals surface area contributed by atoms with Crippen molar-refractivity contribution in [3.63, 3.8) is 0 Å². The molecular formula is C16H30B2NO8P. The van der Waals surface area contributed by atoms with E-state index in [9.17, 15) is 9.46 Å². The smallest absolute Gasteiger partial charge is 0.380 e. The molecule has 158 valence electrons. The molecule has 12 heteroatoms. The molecule has 2 aliphatic heterocycles. The fourth-order valence-electron chi connectivity index (χ4n) is 3.12. The van der Waals surface area contributed by atoms with Crippen LogP contribution < -0.4 is 5.73 Å². The third-order valence-corrected chi connectivity index (χ3v) is 5.34. The molecule has 0 spiro atoms. The highest BCUT2D eigenvalue weighted by Gasteiger charge is 2.49. The van der Waals surface area contributed by atoms with Crippen molar-refractivity contribution < 1.29 is 37.5 Å². The van der Waals surface area contributed by atoms with Crippen LogP contribution in [-0.4, -0.2) is 82.1 Å². The van der Waals surface area contributed by atoms with Crippen LogP contribution in [0.1, 0.15) is 40.5 Å². The van der Waals surface area contributed by atoms with E-state index >= 15 is 0 Å². The van der Waals surface area contributed by atoms with E-state index in [0.29, 0.717) is 6.42 Å². The van der Waals surface area contributed by atoms with Gasteiger partial charge in [-0.25, -0.2) is 4.57 Å². The van der Waals surface area contributed by atoms with Crippen molar-refractivity contribution in [1.29, 1.82) is 0 Å². The molecule has 0 aromatic heterocycles. The Morgan fingerprint density at radius 3 is 2.50 bits per heavy atom. The molecule has 0 saturated carbocycles. The molecule has 7 atom stereocenters. The van der Waals surface area contributed by atoms with Gasteiger partial charge >= 0.3 is 7.82 Å². The fraction of sp³-hybridized carbons (Fsp3) is 1.00. The second kappa shape index (κ2) is 9.90. The number of ether oxygens (including phenoxy) is 4. The van der Waals surface area contributed by atoms with Gasteiger partial charge < -0.3 is 23.8 Å². The van der Waals surface area contributed by atoms with Crippen molar-refractivity contribution in [2.75, 3.05) is 13.2 Å². The van der Waals surface area contributed by atoms with Gasteiger partial charge in [-0.1, -0.05) is 0 Å². The first-order valence-corrected chi connectivity index (χ1v) is 11.0. The number of hydrogen-bond donors (Lipinski definition) is 2. The average Bonchev–Trinajstić information content (AvgIpc) is 3.02. The second-order valence-electron chi connectivity index (χ2n) is 7.74. The van der Waals surface area contributed by atoms with Gasteiger partial charge in [-0.3, -0.25) is 14.8 Å². The molecule has 0 aromatic rings. The summed E-state index contributed by atoms with van der Waals surface area (Å²) in [5.41, 5.74) is 4.70. The van der Waals surface area contributed by atoms with E-state index in [-0.39, 0.29) is 37.9 Å². The SMILES string of the molecule is [B]C1CC(OC(C)C)C(COP(=O)(O)OC2CC([B])OC2(N)COC(C)C)O1. The summed E-state index contributed by atoms with van der Waals surface area (Å²) < 4.78 is 45.0. The summed E-state index contributed by atoms with van der Waals surface area (Å²) in [5.74, 6) is 0. The lowest BCUT2D eigenvalue weighted by atomic mass is 9.95. The van der Waals surface area contributed by atoms with Crippen LogP contribution in [0.5, 0.6) is 0 Å². The Morgan fingerprint density at radius 1 is 1.21 bits per heavy atom. The first-order chi connectivity index (χ1) is 12.9. The van der Waals surface area contributed by atoms with Crippen molar-refractivity contribution >= 4 is 23.5 Å². The molecule has 2 aliphatic rings. The summed E-state index contributed by atoms with van der Waals surface area (Å²) in [5, 5.41) is 0. The molecule has 9 nitrogen and oxygen atoms in total. The van der Waals surface area contributed by atoms with Crippen LogP contribution in [0.3, 0.4) is 0 Å². The minimum atomic E-state index is -4.48. The fourth-order valence-corrected chi connectivity index (χ4v) is 4.10. The van der Waals surface area contributed by atoms with Crippen molar-refractivity contribution in [3.8, 4) is 0 Å². The highest BCUT2D eigenvalue weighted by Crippen LogP contribution is 2.49. The number of phosphoric ester groups is 1. The molecule has 2 rings (SSSR count). The molecule has 2 fully saturated rings. The Morgan fingerprint density at radius 2 is 1.89 bits per heavy atom. The quantitative estimate of drug-likeness (QED) is 0.388. The van der Waals surface area contributed by atoms with Gasteiger partial charge in [0.2, 0.25) is 0 Å². The monoisotopic (exact) mass is 417 g/mol. The third-order valence-electron chi connectivity index (χ3n) is 4.34. The van der Waals surface area contributed by atoms with E-state index in [1.807, 2.05) is 27.7 Å². The minimum absolute atomic E-state index is 0.0467. The van der Waals surface area contributed by atoms with Gasteiger partial charge in [-0.05, 0) is 40.5 Å². The lowest BCUT2D eigenvalue weighted by molar-refractivity contribution is -0.120. The lowest BCUT2D eigenvalue weighted by Crippen LogP contribution is -2.53. The predicted octanol–water partition coefficient (Wildman–Crippen LogP) is 0.561. The van der Waals surface area contributed by atoms with Crippen LogP contribution in [-0.2, 0) is 32.6 Å². The van der Waals surface area contributed by atoms with Crippen LogP contribution in [0.2, 0.25) is 0 Å². The second-order valence-corrected chi connectivity index (χ2v) is 9.14. The summed E-state index contributed by atoms with van der Waals surface area (Å²) >= 11 is 0. The van der Waals surface area contributed by atoms with Crippen LogP contribution in [0.25, 0.3) is 0 Å². The van der Waals surface area contributed by atoms with Gasteiger partial charge in [0.05, 0.1) is 31.5 Å². The molecule has 4 radical (unpaired) electrons. The van der Waals surface area contributed by atoms with Crippen LogP contribution in [0.4, 0.5) is 0 Å². The normalized spacial score (nSPS) is 38.4. The topological polar surface area (TPSA) is 119 Å². The Kier molecular flexibility index (Phi) is 8.59. The number of hydrogen-bond acceptors (Lipinski definition) is 8. The van der Waals surface area contributed by atoms with Gasteiger partial charge in [0, 0.05) is 12.0 Å². The maximum Gasteiger partial charge on any atom is 0.472 e. The van der Waals surface area contributed by atoms with Crippen molar-refractivity contribution in [2.24, 2.45) is 5.73 Å². The molecular weight excluding hydrogens is 387 g/mol. The largest absolute Gasteiger partial charge is 0.472 e. The Hall–Kier alpha value is 0.0399. The maximum atomic E-state index is 12.5. The molecule has 2 saturated heterocycles. The summed E-state index contributed by atoms with van der Waals surface area (Å²) in [4.78, 5) is 10.2. The predicted molar refractivity (Wildman–Crippen MR) is 103 cm³/mol. The summed E-state index contributed by atoms with van der Waals surface area (Å²) in [7, 11) is 7.09. The minimum Gasteiger partial charge on any atom is -0.380 e. The maximum absolute atomic E-state index is 12.5. The molecule has 0 aliphatic carbocycles. The first-order valence-electron chi connectivity index (χ1n) is 9.46. The van der Waals surface area contributed by atoms with Gasteiger partial charge in [-0.15, -0.1) is 0 Å². The van der Waals surface area contributed by atoms with E-state index in [1.165, 1.54) is 0 Å². The van der Waals surface area contributed by atoms with E-state index in [0.717, 1.165) is 0 Å². The van der Waals surface area contributed by atoms with Crippen molar-refractivity contribution in [2.45, 2.75) is 88.8 Å². The van der Waals surface area contributed by atoms with Crippen LogP contribution in [0.15, 0.2) is 0 Å². The van der Waals surface area contributed by atoms with Gasteiger partial charge in [0.1, 0.15) is 27.9 Å². The van der Waals surface area contributed by atoms with Gasteiger partial charge in [0.25, 0.3) is 0 Å². The molecule has 0 amide bonds. The van der Waals surface area contributed by atoms with Crippen molar-refractivity contribution in [1.82, 2.24) is 0 Å². The highest BCUT2D eigenvalue weighted by molar-refractivity contribution is 7.47. The standard InChI is InChI=1S/C16H30B2NO8P/c1-9(2)22-8-16(19)13(6-15(18)26-16)27-28(20,21)23-7-12-11(24-10(3)4)5-14(17)25-12/h9-15H,5-8,19H2,1-4H3,(H,20,21). The molecule has 2 heterocycles. The zero-order valence-electron chi connectivity index (χ0n) is 16.9. The lowest BCUT2D eigenvalue weighted by Gasteiger charge is -2.31.